The van der Waals surface area contributed by atoms with Gasteiger partial charge in [-0.25, -0.2) is 4.79 Å². The minimum absolute atomic E-state index is 0. The topological polar surface area (TPSA) is 41.6 Å². The van der Waals surface area contributed by atoms with Crippen molar-refractivity contribution < 1.29 is 9.53 Å². The van der Waals surface area contributed by atoms with Gasteiger partial charge in [-0.05, 0) is 75.1 Å². The van der Waals surface area contributed by atoms with Crippen LogP contribution in [-0.4, -0.2) is 30.6 Å². The van der Waals surface area contributed by atoms with Gasteiger partial charge in [0.05, 0.1) is 0 Å². The molecule has 0 aromatic heterocycles. The van der Waals surface area contributed by atoms with Crippen LogP contribution in [0.25, 0.3) is 0 Å². The number of carbonyl (C=O) groups excluding carboxylic acids is 1. The molecule has 160 valence electrons. The minimum Gasteiger partial charge on any atom is -0.410 e. The van der Waals surface area contributed by atoms with Crippen molar-refractivity contribution in [2.75, 3.05) is 25.0 Å². The third kappa shape index (κ3) is 10.3. The second-order valence-corrected chi connectivity index (χ2v) is 7.18. The maximum absolute atomic E-state index is 11.9. The highest BCUT2D eigenvalue weighted by Gasteiger charge is 2.06. The number of halogens is 1. The minimum atomic E-state index is -0.471. The zero-order valence-electron chi connectivity index (χ0n) is 17.7. The normalized spacial score (nSPS) is 10.4. The Labute approximate surface area is 182 Å². The van der Waals surface area contributed by atoms with Crippen LogP contribution in [0.5, 0.6) is 5.75 Å². The maximum atomic E-state index is 11.9. The van der Waals surface area contributed by atoms with Crippen LogP contribution in [0, 0.1) is 0 Å². The monoisotopic (exact) mass is 418 g/mol. The van der Waals surface area contributed by atoms with E-state index in [0.29, 0.717) is 5.75 Å². The van der Waals surface area contributed by atoms with Crippen LogP contribution in [0.15, 0.2) is 54.6 Å². The van der Waals surface area contributed by atoms with Gasteiger partial charge in [0.2, 0.25) is 0 Å². The summed E-state index contributed by atoms with van der Waals surface area (Å²) in [6, 6.07) is 17.1. The number of aryl methyl sites for hydroxylation is 1. The van der Waals surface area contributed by atoms with E-state index in [1.54, 1.807) is 0 Å². The molecule has 0 heterocycles. The molecular weight excluding hydrogens is 384 g/mol. The predicted molar refractivity (Wildman–Crippen MR) is 124 cm³/mol. The Hall–Kier alpha value is -2.04. The van der Waals surface area contributed by atoms with Crippen LogP contribution < -0.4 is 10.1 Å². The smallest absolute Gasteiger partial charge is 0.410 e. The van der Waals surface area contributed by atoms with E-state index in [2.05, 4.69) is 24.1 Å². The number of carbonyl (C=O) groups is 1. The third-order valence-electron chi connectivity index (χ3n) is 4.75. The highest BCUT2D eigenvalue weighted by molar-refractivity contribution is 5.86. The summed E-state index contributed by atoms with van der Waals surface area (Å²) in [6.45, 7) is 8.07. The van der Waals surface area contributed by atoms with E-state index in [4.69, 9.17) is 4.74 Å². The molecule has 0 aliphatic heterocycles. The molecule has 0 fully saturated rings. The first-order valence-corrected chi connectivity index (χ1v) is 10.6. The highest BCUT2D eigenvalue weighted by atomic mass is 35.5. The van der Waals surface area contributed by atoms with Crippen LogP contribution in [0.2, 0.25) is 0 Å². The molecule has 4 nitrogen and oxygen atoms in total. The van der Waals surface area contributed by atoms with Gasteiger partial charge in [0.1, 0.15) is 5.75 Å². The zero-order chi connectivity index (χ0) is 20.0. The summed E-state index contributed by atoms with van der Waals surface area (Å²) in [5, 5.41) is 2.72. The van der Waals surface area contributed by atoms with Gasteiger partial charge in [-0.2, -0.15) is 0 Å². The maximum Gasteiger partial charge on any atom is 0.417 e. The van der Waals surface area contributed by atoms with Crippen molar-refractivity contribution in [3.63, 3.8) is 0 Å². The first kappa shape index (κ1) is 25.0. The van der Waals surface area contributed by atoms with Gasteiger partial charge in [0.15, 0.2) is 0 Å². The Morgan fingerprint density at radius 1 is 0.862 bits per heavy atom. The van der Waals surface area contributed by atoms with E-state index < -0.39 is 6.09 Å². The van der Waals surface area contributed by atoms with Crippen molar-refractivity contribution in [3.05, 3.63) is 60.2 Å². The molecule has 1 amide bonds. The Balaban J connectivity index is 0.00000420. The largest absolute Gasteiger partial charge is 0.417 e. The molecule has 29 heavy (non-hydrogen) atoms. The number of hydrogen-bond acceptors (Lipinski definition) is 3. The molecule has 2 aromatic rings. The lowest BCUT2D eigenvalue weighted by Crippen LogP contribution is -2.27. The molecule has 2 aromatic carbocycles. The molecule has 1 N–H and O–H groups in total. The van der Waals surface area contributed by atoms with E-state index in [1.807, 2.05) is 54.6 Å². The molecule has 0 aliphatic carbocycles. The van der Waals surface area contributed by atoms with Crippen molar-refractivity contribution >= 4 is 24.2 Å². The van der Waals surface area contributed by atoms with Gasteiger partial charge in [0, 0.05) is 5.69 Å². The number of unbranched alkanes of at least 4 members (excludes halogenated alkanes) is 2. The van der Waals surface area contributed by atoms with Crippen molar-refractivity contribution in [1.29, 1.82) is 0 Å². The molecule has 0 saturated heterocycles. The lowest BCUT2D eigenvalue weighted by atomic mass is 10.1. The van der Waals surface area contributed by atoms with Crippen molar-refractivity contribution in [2.45, 2.75) is 52.4 Å². The van der Waals surface area contributed by atoms with E-state index in [0.717, 1.165) is 25.1 Å². The van der Waals surface area contributed by atoms with Gasteiger partial charge in [-0.15, -0.1) is 12.4 Å². The molecule has 0 spiro atoms. The molecule has 0 saturated carbocycles. The van der Waals surface area contributed by atoms with Crippen LogP contribution in [0.3, 0.4) is 0 Å². The summed E-state index contributed by atoms with van der Waals surface area (Å²) in [4.78, 5) is 14.5. The summed E-state index contributed by atoms with van der Waals surface area (Å²) in [5.41, 5.74) is 2.00. The Morgan fingerprint density at radius 2 is 1.45 bits per heavy atom. The van der Waals surface area contributed by atoms with Crippen LogP contribution in [0.4, 0.5) is 10.5 Å². The van der Waals surface area contributed by atoms with Gasteiger partial charge in [-0.3, -0.25) is 5.32 Å². The molecule has 0 aliphatic rings. The average Bonchev–Trinajstić information content (AvgIpc) is 2.71. The van der Waals surface area contributed by atoms with E-state index in [9.17, 15) is 4.79 Å². The predicted octanol–water partition coefficient (Wildman–Crippen LogP) is 6.55. The van der Waals surface area contributed by atoms with E-state index in [1.165, 1.54) is 44.3 Å². The van der Waals surface area contributed by atoms with Crippen molar-refractivity contribution in [1.82, 2.24) is 4.90 Å². The lowest BCUT2D eigenvalue weighted by Gasteiger charge is -2.21. The van der Waals surface area contributed by atoms with Crippen molar-refractivity contribution in [3.8, 4) is 5.75 Å². The molecule has 0 bridgehead atoms. The average molecular weight is 419 g/mol. The zero-order valence-corrected chi connectivity index (χ0v) is 18.5. The highest BCUT2D eigenvalue weighted by Crippen LogP contribution is 2.15. The molecule has 0 atom stereocenters. The lowest BCUT2D eigenvalue weighted by molar-refractivity contribution is 0.215. The summed E-state index contributed by atoms with van der Waals surface area (Å²) in [5.74, 6) is 0.560. The summed E-state index contributed by atoms with van der Waals surface area (Å²) in [7, 11) is 0. The second kappa shape index (κ2) is 14.9. The molecule has 5 heteroatoms. The number of hydrogen-bond donors (Lipinski definition) is 1. The quantitative estimate of drug-likeness (QED) is 0.424. The summed E-state index contributed by atoms with van der Waals surface area (Å²) < 4.78 is 5.35. The number of anilines is 1. The number of amides is 1. The van der Waals surface area contributed by atoms with Crippen LogP contribution >= 0.6 is 12.4 Å². The fraction of sp³-hybridized carbons (Fsp3) is 0.458. The fourth-order valence-electron chi connectivity index (χ4n) is 3.10. The van der Waals surface area contributed by atoms with Crippen LogP contribution in [-0.2, 0) is 6.42 Å². The molecule has 0 unspecified atom stereocenters. The fourth-order valence-corrected chi connectivity index (χ4v) is 3.10. The Morgan fingerprint density at radius 3 is 2.03 bits per heavy atom. The van der Waals surface area contributed by atoms with E-state index in [-0.39, 0.29) is 12.4 Å². The molecule has 2 rings (SSSR count). The second-order valence-electron chi connectivity index (χ2n) is 7.18. The van der Waals surface area contributed by atoms with Gasteiger partial charge in [0.25, 0.3) is 0 Å². The molecular formula is C24H35ClN2O2. The van der Waals surface area contributed by atoms with Crippen molar-refractivity contribution in [2.24, 2.45) is 0 Å². The van der Waals surface area contributed by atoms with Crippen LogP contribution in [0.1, 0.15) is 51.5 Å². The standard InChI is InChI=1S/C24H34N2O2.ClH/c1-3-5-18-26(19-6-4-2)20-10-11-21-14-16-23(17-15-21)28-24(27)25-22-12-8-7-9-13-22;/h7-9,12-17H,3-6,10-11,18-20H2,1-2H3,(H,25,27);1H. The van der Waals surface area contributed by atoms with Gasteiger partial charge < -0.3 is 9.64 Å². The Kier molecular flexibility index (Phi) is 12.8. The van der Waals surface area contributed by atoms with Gasteiger partial charge in [-0.1, -0.05) is 57.0 Å². The van der Waals surface area contributed by atoms with Gasteiger partial charge >= 0.3 is 6.09 Å². The number of para-hydroxylation sites is 1. The Bertz CT molecular complexity index is 669. The number of benzene rings is 2. The first-order valence-electron chi connectivity index (χ1n) is 10.6. The number of nitrogens with zero attached hydrogens (tertiary/aromatic N) is 1. The number of nitrogens with one attached hydrogen (secondary N) is 1. The third-order valence-corrected chi connectivity index (χ3v) is 4.75. The molecule has 0 radical (unpaired) electrons. The van der Waals surface area contributed by atoms with E-state index >= 15 is 0 Å². The number of rotatable bonds is 12. The SMILES string of the molecule is CCCCN(CCCC)CCCc1ccc(OC(=O)Nc2ccccc2)cc1.Cl. The summed E-state index contributed by atoms with van der Waals surface area (Å²) >= 11 is 0. The first-order chi connectivity index (χ1) is 13.7. The summed E-state index contributed by atoms with van der Waals surface area (Å²) in [6.07, 6.45) is 6.79. The number of ether oxygens (including phenoxy) is 1.